The van der Waals surface area contributed by atoms with Crippen molar-refractivity contribution in [3.05, 3.63) is 24.3 Å². The summed E-state index contributed by atoms with van der Waals surface area (Å²) in [5.74, 6) is -0.0123. The van der Waals surface area contributed by atoms with Gasteiger partial charge < -0.3 is 19.3 Å². The van der Waals surface area contributed by atoms with E-state index in [4.69, 9.17) is 9.47 Å². The van der Waals surface area contributed by atoms with Crippen LogP contribution in [0.5, 0.6) is 11.5 Å². The first-order chi connectivity index (χ1) is 8.23. The average molecular weight is 272 g/mol. The molecule has 0 atom stereocenters. The van der Waals surface area contributed by atoms with Crippen molar-refractivity contribution < 1.29 is 28.6 Å². The van der Waals surface area contributed by atoms with Gasteiger partial charge in [-0.05, 0) is 26.0 Å². The van der Waals surface area contributed by atoms with E-state index in [1.165, 1.54) is 13.8 Å². The van der Waals surface area contributed by atoms with E-state index < -0.39 is 24.8 Å². The van der Waals surface area contributed by atoms with Gasteiger partial charge in [0.2, 0.25) is 5.78 Å². The van der Waals surface area contributed by atoms with E-state index in [-0.39, 0.29) is 0 Å². The van der Waals surface area contributed by atoms with Crippen LogP contribution in [0.1, 0.15) is 13.8 Å². The van der Waals surface area contributed by atoms with Crippen LogP contribution in [0.4, 0.5) is 0 Å². The highest BCUT2D eigenvalue weighted by Crippen LogP contribution is 2.51. The lowest BCUT2D eigenvalue weighted by atomic mass is 10.1. The Kier molecular flexibility index (Phi) is 2.97. The second-order valence-corrected chi connectivity index (χ2v) is 6.69. The summed E-state index contributed by atoms with van der Waals surface area (Å²) in [7, 11) is -4.58. The van der Waals surface area contributed by atoms with Crippen molar-refractivity contribution in [2.24, 2.45) is 0 Å². The van der Waals surface area contributed by atoms with E-state index in [0.717, 1.165) is 0 Å². The molecule has 0 amide bonds. The molecule has 0 unspecified atom stereocenters. The van der Waals surface area contributed by atoms with Crippen molar-refractivity contribution in [3.63, 3.8) is 0 Å². The Morgan fingerprint density at radius 2 is 1.67 bits per heavy atom. The van der Waals surface area contributed by atoms with Gasteiger partial charge in [0.1, 0.15) is 5.16 Å². The van der Waals surface area contributed by atoms with Crippen LogP contribution in [0.3, 0.4) is 0 Å². The van der Waals surface area contributed by atoms with Crippen LogP contribution in [0.15, 0.2) is 24.3 Å². The number of carbonyl (C=O) groups excluding carboxylic acids is 1. The Labute approximate surface area is 104 Å². The summed E-state index contributed by atoms with van der Waals surface area (Å²) in [6.07, 6.45) is -1.31. The summed E-state index contributed by atoms with van der Waals surface area (Å²) in [4.78, 5) is 30.4. The third-order valence-corrected chi connectivity index (χ3v) is 4.54. The largest absolute Gasteiger partial charge is 0.444 e. The lowest BCUT2D eigenvalue weighted by molar-refractivity contribution is -0.136. The topological polar surface area (TPSA) is 93.1 Å². The molecule has 0 aliphatic carbocycles. The Morgan fingerprint density at radius 3 is 2.06 bits per heavy atom. The van der Waals surface area contributed by atoms with Crippen LogP contribution in [0.2, 0.25) is 0 Å². The first-order valence-corrected chi connectivity index (χ1v) is 6.87. The molecule has 98 valence electrons. The molecule has 0 aromatic heterocycles. The predicted octanol–water partition coefficient (Wildman–Crippen LogP) is 1.31. The zero-order chi connectivity index (χ0) is 13.6. The zero-order valence-electron chi connectivity index (χ0n) is 9.86. The maximum Gasteiger partial charge on any atom is 0.338 e. The number of para-hydroxylation sites is 2. The van der Waals surface area contributed by atoms with Crippen molar-refractivity contribution in [3.8, 4) is 11.5 Å². The monoisotopic (exact) mass is 272 g/mol. The molecule has 2 rings (SSSR count). The Hall–Kier alpha value is -1.36. The number of rotatable bonds is 3. The third-order valence-electron chi connectivity index (χ3n) is 2.86. The van der Waals surface area contributed by atoms with Crippen molar-refractivity contribution in [2.45, 2.75) is 25.3 Å². The fourth-order valence-electron chi connectivity index (χ4n) is 1.44. The van der Waals surface area contributed by atoms with E-state index in [0.29, 0.717) is 11.5 Å². The molecule has 2 N–H and O–H groups in total. The smallest absolute Gasteiger partial charge is 0.338 e. The van der Waals surface area contributed by atoms with Crippen molar-refractivity contribution >= 4 is 13.4 Å². The molecule has 7 heteroatoms. The van der Waals surface area contributed by atoms with E-state index in [2.05, 4.69) is 0 Å². The van der Waals surface area contributed by atoms with Crippen molar-refractivity contribution in [1.29, 1.82) is 0 Å². The third kappa shape index (κ3) is 2.03. The average Bonchev–Trinajstić information content (AvgIpc) is 2.69. The van der Waals surface area contributed by atoms with Crippen LogP contribution >= 0.6 is 7.60 Å². The number of hydrogen-bond donors (Lipinski definition) is 2. The standard InChI is InChI=1S/C11H13O6P/c1-11(2,18(13,14)15)9(12)10-16-7-5-3-4-6-8(7)17-10/h3-6,10H,1-2H3,(H2,13,14,15). The number of fused-ring (bicyclic) bond motifs is 1. The summed E-state index contributed by atoms with van der Waals surface area (Å²) in [6.45, 7) is 2.34. The summed E-state index contributed by atoms with van der Waals surface area (Å²) in [5, 5.41) is -1.85. The lowest BCUT2D eigenvalue weighted by Gasteiger charge is -2.25. The molecule has 1 heterocycles. The molecule has 0 radical (unpaired) electrons. The Bertz CT molecular complexity index is 507. The molecule has 0 saturated heterocycles. The van der Waals surface area contributed by atoms with E-state index in [1.54, 1.807) is 24.3 Å². The van der Waals surface area contributed by atoms with Crippen LogP contribution in [0.25, 0.3) is 0 Å². The van der Waals surface area contributed by atoms with Gasteiger partial charge >= 0.3 is 13.9 Å². The first kappa shape index (κ1) is 13.1. The van der Waals surface area contributed by atoms with E-state index >= 15 is 0 Å². The minimum atomic E-state index is -4.58. The SMILES string of the molecule is CC(C)(C(=O)C1Oc2ccccc2O1)P(=O)(O)O. The predicted molar refractivity (Wildman–Crippen MR) is 62.6 cm³/mol. The first-order valence-electron chi connectivity index (χ1n) is 5.26. The minimum Gasteiger partial charge on any atom is -0.444 e. The summed E-state index contributed by atoms with van der Waals surface area (Å²) in [5.41, 5.74) is 0. The molecule has 1 aliphatic heterocycles. The van der Waals surface area contributed by atoms with Gasteiger partial charge in [-0.3, -0.25) is 9.36 Å². The highest BCUT2D eigenvalue weighted by molar-refractivity contribution is 7.54. The molecule has 0 fully saturated rings. The molecule has 1 aromatic carbocycles. The number of ketones is 1. The van der Waals surface area contributed by atoms with Gasteiger partial charge in [0.15, 0.2) is 11.5 Å². The van der Waals surface area contributed by atoms with Crippen LogP contribution in [-0.4, -0.2) is 27.0 Å². The molecule has 1 aromatic rings. The Morgan fingerprint density at radius 1 is 1.22 bits per heavy atom. The molecule has 1 aliphatic rings. The van der Waals surface area contributed by atoms with Gasteiger partial charge in [0, 0.05) is 0 Å². The van der Waals surface area contributed by atoms with E-state index in [9.17, 15) is 19.1 Å². The van der Waals surface area contributed by atoms with Crippen LogP contribution in [0, 0.1) is 0 Å². The summed E-state index contributed by atoms with van der Waals surface area (Å²) < 4.78 is 21.8. The molecule has 0 saturated carbocycles. The fraction of sp³-hybridized carbons (Fsp3) is 0.364. The number of ether oxygens (including phenoxy) is 2. The molecule has 0 spiro atoms. The highest BCUT2D eigenvalue weighted by atomic mass is 31.2. The van der Waals surface area contributed by atoms with Gasteiger partial charge in [-0.25, -0.2) is 0 Å². The molecular formula is C11H13O6P. The zero-order valence-corrected chi connectivity index (χ0v) is 10.8. The number of hydrogen-bond acceptors (Lipinski definition) is 4. The Balaban J connectivity index is 2.22. The minimum absolute atomic E-state index is 0.386. The quantitative estimate of drug-likeness (QED) is 0.806. The fourth-order valence-corrected chi connectivity index (χ4v) is 1.83. The molecule has 6 nitrogen and oxygen atoms in total. The van der Waals surface area contributed by atoms with Gasteiger partial charge in [-0.2, -0.15) is 0 Å². The van der Waals surface area contributed by atoms with Crippen LogP contribution < -0.4 is 9.47 Å². The van der Waals surface area contributed by atoms with Crippen molar-refractivity contribution in [2.75, 3.05) is 0 Å². The van der Waals surface area contributed by atoms with E-state index in [1.807, 2.05) is 0 Å². The van der Waals surface area contributed by atoms with Gasteiger partial charge in [0.25, 0.3) is 0 Å². The van der Waals surface area contributed by atoms with Crippen molar-refractivity contribution in [1.82, 2.24) is 0 Å². The van der Waals surface area contributed by atoms with Gasteiger partial charge in [-0.1, -0.05) is 12.1 Å². The number of Topliss-reactive ketones (excluding diaryl/α,β-unsaturated/α-hetero) is 1. The highest BCUT2D eigenvalue weighted by Gasteiger charge is 2.50. The van der Waals surface area contributed by atoms with Gasteiger partial charge in [-0.15, -0.1) is 0 Å². The molecule has 0 bridgehead atoms. The summed E-state index contributed by atoms with van der Waals surface area (Å²) in [6, 6.07) is 6.66. The molecule has 18 heavy (non-hydrogen) atoms. The maximum absolute atomic E-state index is 12.0. The van der Waals surface area contributed by atoms with Crippen LogP contribution in [-0.2, 0) is 9.36 Å². The lowest BCUT2D eigenvalue weighted by Crippen LogP contribution is -2.43. The normalized spacial score (nSPS) is 15.8. The molecular weight excluding hydrogens is 259 g/mol. The number of benzene rings is 1. The maximum atomic E-state index is 12.0. The summed E-state index contributed by atoms with van der Waals surface area (Å²) >= 11 is 0. The second kappa shape index (κ2) is 4.09. The number of carbonyl (C=O) groups is 1. The van der Waals surface area contributed by atoms with Gasteiger partial charge in [0.05, 0.1) is 0 Å². The second-order valence-electron chi connectivity index (χ2n) is 4.48.